The first kappa shape index (κ1) is 16.0. The van der Waals surface area contributed by atoms with E-state index in [2.05, 4.69) is 15.3 Å². The predicted molar refractivity (Wildman–Crippen MR) is 86.4 cm³/mol. The highest BCUT2D eigenvalue weighted by Gasteiger charge is 2.43. The van der Waals surface area contributed by atoms with Crippen LogP contribution < -0.4 is 5.32 Å². The molecule has 6 nitrogen and oxygen atoms in total. The highest BCUT2D eigenvalue weighted by Crippen LogP contribution is 2.39. The smallest absolute Gasteiger partial charge is 0.302 e. The van der Waals surface area contributed by atoms with Crippen LogP contribution in [0.25, 0.3) is 10.8 Å². The summed E-state index contributed by atoms with van der Waals surface area (Å²) < 4.78 is 4.91. The number of aromatic nitrogens is 2. The van der Waals surface area contributed by atoms with Gasteiger partial charge in [0.25, 0.3) is 0 Å². The number of ether oxygens (including phenoxy) is 1. The van der Waals surface area contributed by atoms with Gasteiger partial charge in [0.15, 0.2) is 0 Å². The molecule has 0 aliphatic heterocycles. The van der Waals surface area contributed by atoms with Crippen LogP contribution in [0.15, 0.2) is 18.3 Å². The van der Waals surface area contributed by atoms with Gasteiger partial charge in [-0.25, -0.2) is 9.97 Å². The van der Waals surface area contributed by atoms with Crippen LogP contribution in [0.1, 0.15) is 13.3 Å². The van der Waals surface area contributed by atoms with Crippen molar-refractivity contribution in [2.75, 3.05) is 11.9 Å². The van der Waals surface area contributed by atoms with E-state index >= 15 is 0 Å². The third-order valence-corrected chi connectivity index (χ3v) is 4.13. The quantitative estimate of drug-likeness (QED) is 0.674. The van der Waals surface area contributed by atoms with Gasteiger partial charge in [0.2, 0.25) is 5.91 Å². The van der Waals surface area contributed by atoms with E-state index in [-0.39, 0.29) is 40.6 Å². The second kappa shape index (κ2) is 6.29. The molecule has 2 unspecified atom stereocenters. The van der Waals surface area contributed by atoms with Gasteiger partial charge in [-0.3, -0.25) is 9.59 Å². The van der Waals surface area contributed by atoms with Crippen LogP contribution >= 0.6 is 23.2 Å². The van der Waals surface area contributed by atoms with Gasteiger partial charge in [-0.2, -0.15) is 0 Å². The van der Waals surface area contributed by atoms with Crippen LogP contribution in [0.5, 0.6) is 0 Å². The summed E-state index contributed by atoms with van der Waals surface area (Å²) in [5.41, 5.74) is 0. The van der Waals surface area contributed by atoms with Crippen molar-refractivity contribution in [3.63, 3.8) is 0 Å². The van der Waals surface area contributed by atoms with E-state index in [9.17, 15) is 9.59 Å². The summed E-state index contributed by atoms with van der Waals surface area (Å²) in [6.07, 6.45) is 2.24. The van der Waals surface area contributed by atoms with Crippen molar-refractivity contribution >= 4 is 51.7 Å². The van der Waals surface area contributed by atoms with Crippen molar-refractivity contribution in [2.45, 2.75) is 13.3 Å². The van der Waals surface area contributed by atoms with Crippen molar-refractivity contribution in [2.24, 2.45) is 11.8 Å². The number of carbonyl (C=O) groups is 2. The number of carbonyl (C=O) groups excluding carboxylic acids is 2. The van der Waals surface area contributed by atoms with E-state index in [1.165, 1.54) is 6.92 Å². The maximum absolute atomic E-state index is 12.1. The van der Waals surface area contributed by atoms with E-state index in [4.69, 9.17) is 27.9 Å². The minimum Gasteiger partial charge on any atom is -0.466 e. The summed E-state index contributed by atoms with van der Waals surface area (Å²) in [7, 11) is 0. The minimum atomic E-state index is -0.338. The number of halogens is 2. The van der Waals surface area contributed by atoms with Crippen molar-refractivity contribution in [3.8, 4) is 0 Å². The molecule has 1 amide bonds. The molecule has 0 saturated heterocycles. The van der Waals surface area contributed by atoms with Gasteiger partial charge in [0, 0.05) is 30.3 Å². The zero-order valence-corrected chi connectivity index (χ0v) is 13.7. The van der Waals surface area contributed by atoms with Crippen molar-refractivity contribution < 1.29 is 14.3 Å². The largest absolute Gasteiger partial charge is 0.466 e. The zero-order chi connectivity index (χ0) is 16.6. The van der Waals surface area contributed by atoms with E-state index in [1.807, 2.05) is 0 Å². The van der Waals surface area contributed by atoms with Gasteiger partial charge in [-0.05, 0) is 23.9 Å². The Kier molecular flexibility index (Phi) is 4.37. The minimum absolute atomic E-state index is 0.0763. The molecule has 0 aromatic carbocycles. The number of anilines is 1. The summed E-state index contributed by atoms with van der Waals surface area (Å²) in [6, 6.07) is 3.34. The van der Waals surface area contributed by atoms with Crippen LogP contribution in [-0.2, 0) is 14.3 Å². The molecule has 2 aromatic heterocycles. The summed E-state index contributed by atoms with van der Waals surface area (Å²) in [4.78, 5) is 31.0. The van der Waals surface area contributed by atoms with Crippen molar-refractivity contribution in [1.82, 2.24) is 9.97 Å². The number of pyridine rings is 2. The number of nitrogens with zero attached hydrogens (tertiary/aromatic N) is 2. The lowest BCUT2D eigenvalue weighted by Gasteiger charge is -2.06. The Morgan fingerprint density at radius 2 is 2.17 bits per heavy atom. The van der Waals surface area contributed by atoms with Gasteiger partial charge in [0.1, 0.15) is 16.1 Å². The van der Waals surface area contributed by atoms with Crippen LogP contribution in [0.3, 0.4) is 0 Å². The molecule has 0 spiro atoms. The molecule has 23 heavy (non-hydrogen) atoms. The molecule has 1 N–H and O–H groups in total. The molecule has 3 rings (SSSR count). The summed E-state index contributed by atoms with van der Waals surface area (Å²) >= 11 is 11.9. The van der Waals surface area contributed by atoms with Gasteiger partial charge in [0.05, 0.1) is 6.61 Å². The average molecular weight is 354 g/mol. The molecule has 0 radical (unpaired) electrons. The molecule has 2 atom stereocenters. The van der Waals surface area contributed by atoms with E-state index in [1.54, 1.807) is 18.3 Å². The maximum Gasteiger partial charge on any atom is 0.302 e. The fourth-order valence-electron chi connectivity index (χ4n) is 2.34. The Balaban J connectivity index is 1.68. The second-order valence-electron chi connectivity index (χ2n) is 5.42. The second-order valence-corrected chi connectivity index (χ2v) is 6.17. The SMILES string of the molecule is CC(=O)OCC1CC1C(=O)Nc1cc2cc(Cl)nc(Cl)c2cn1. The van der Waals surface area contributed by atoms with Crippen LogP contribution in [-0.4, -0.2) is 28.5 Å². The normalized spacial score (nSPS) is 19.4. The Morgan fingerprint density at radius 1 is 1.39 bits per heavy atom. The lowest BCUT2D eigenvalue weighted by molar-refractivity contribution is -0.141. The number of rotatable bonds is 4. The summed E-state index contributed by atoms with van der Waals surface area (Å²) in [5.74, 6) is -0.141. The molecule has 0 bridgehead atoms. The van der Waals surface area contributed by atoms with Gasteiger partial charge >= 0.3 is 5.97 Å². The number of hydrogen-bond acceptors (Lipinski definition) is 5. The third-order valence-electron chi connectivity index (χ3n) is 3.65. The standard InChI is InChI=1S/C15H13Cl2N3O3/c1-7(21)23-6-9-2-10(9)15(22)20-13-4-8-3-12(16)19-14(17)11(8)5-18-13/h3-5,9-10H,2,6H2,1H3,(H,18,20,22). The number of amides is 1. The van der Waals surface area contributed by atoms with Gasteiger partial charge in [-0.1, -0.05) is 23.2 Å². The molecule has 1 aliphatic rings. The van der Waals surface area contributed by atoms with Crippen LogP contribution in [0, 0.1) is 11.8 Å². The Bertz CT molecular complexity index is 797. The summed E-state index contributed by atoms with van der Waals surface area (Å²) in [6.45, 7) is 1.62. The molecule has 2 aromatic rings. The Hall–Kier alpha value is -1.92. The lowest BCUT2D eigenvalue weighted by atomic mass is 10.2. The highest BCUT2D eigenvalue weighted by molar-refractivity contribution is 6.36. The van der Waals surface area contributed by atoms with Gasteiger partial charge in [-0.15, -0.1) is 0 Å². The molecule has 8 heteroatoms. The van der Waals surface area contributed by atoms with Crippen LogP contribution in [0.4, 0.5) is 5.82 Å². The lowest BCUT2D eigenvalue weighted by Crippen LogP contribution is -2.17. The zero-order valence-electron chi connectivity index (χ0n) is 12.2. The first-order chi connectivity index (χ1) is 10.9. The fraction of sp³-hybridized carbons (Fsp3) is 0.333. The van der Waals surface area contributed by atoms with Crippen molar-refractivity contribution in [3.05, 3.63) is 28.6 Å². The number of fused-ring (bicyclic) bond motifs is 1. The summed E-state index contributed by atoms with van der Waals surface area (Å²) in [5, 5.41) is 4.70. The highest BCUT2D eigenvalue weighted by atomic mass is 35.5. The molecular weight excluding hydrogens is 341 g/mol. The van der Waals surface area contributed by atoms with E-state index < -0.39 is 0 Å². The first-order valence-corrected chi connectivity index (χ1v) is 7.75. The molecule has 1 fully saturated rings. The number of nitrogens with one attached hydrogen (secondary N) is 1. The monoisotopic (exact) mass is 353 g/mol. The molecule has 2 heterocycles. The fourth-order valence-corrected chi connectivity index (χ4v) is 2.84. The third kappa shape index (κ3) is 3.71. The molecular formula is C15H13Cl2N3O3. The Morgan fingerprint density at radius 3 is 2.91 bits per heavy atom. The molecule has 1 saturated carbocycles. The molecule has 120 valence electrons. The number of esters is 1. The Labute approximate surface area is 142 Å². The van der Waals surface area contributed by atoms with E-state index in [0.29, 0.717) is 17.6 Å². The maximum atomic E-state index is 12.1. The van der Waals surface area contributed by atoms with Crippen LogP contribution in [0.2, 0.25) is 10.3 Å². The predicted octanol–water partition coefficient (Wildman–Crippen LogP) is 3.07. The van der Waals surface area contributed by atoms with Gasteiger partial charge < -0.3 is 10.1 Å². The number of hydrogen-bond donors (Lipinski definition) is 1. The topological polar surface area (TPSA) is 81.2 Å². The van der Waals surface area contributed by atoms with Crippen molar-refractivity contribution in [1.29, 1.82) is 0 Å². The van der Waals surface area contributed by atoms with E-state index in [0.717, 1.165) is 5.39 Å². The molecule has 1 aliphatic carbocycles. The average Bonchev–Trinajstić information content (AvgIpc) is 3.24. The first-order valence-electron chi connectivity index (χ1n) is 7.00.